The molecule has 4 nitrogen and oxygen atoms in total. The molecule has 1 aromatic rings. The minimum atomic E-state index is 0.328. The Morgan fingerprint density at radius 3 is 2.47 bits per heavy atom. The Kier molecular flexibility index (Phi) is 2.57. The molecule has 1 spiro atoms. The van der Waals surface area contributed by atoms with Crippen LogP contribution in [-0.4, -0.2) is 29.3 Å². The summed E-state index contributed by atoms with van der Waals surface area (Å²) in [7, 11) is 0. The van der Waals surface area contributed by atoms with Crippen molar-refractivity contribution in [3.8, 4) is 0 Å². The Balaban J connectivity index is 1.60. The van der Waals surface area contributed by atoms with Crippen LogP contribution in [0.25, 0.3) is 0 Å². The van der Waals surface area contributed by atoms with Gasteiger partial charge in [-0.25, -0.2) is 9.97 Å². The fourth-order valence-corrected chi connectivity index (χ4v) is 3.19. The summed E-state index contributed by atoms with van der Waals surface area (Å²) in [5.41, 5.74) is 0.455. The molecule has 0 aromatic carbocycles. The number of carbonyl (C=O) groups is 1. The predicted molar refractivity (Wildman–Crippen MR) is 64.7 cm³/mol. The zero-order chi connectivity index (χ0) is 11.7. The third-order valence-electron chi connectivity index (χ3n) is 4.24. The minimum Gasteiger partial charge on any atom is -0.341 e. The monoisotopic (exact) mass is 231 g/mol. The molecule has 0 unspecified atom stereocenters. The van der Waals surface area contributed by atoms with Crippen LogP contribution in [0.15, 0.2) is 18.5 Å². The number of aldehydes is 1. The van der Waals surface area contributed by atoms with Gasteiger partial charge in [-0.15, -0.1) is 0 Å². The Morgan fingerprint density at radius 1 is 1.24 bits per heavy atom. The van der Waals surface area contributed by atoms with E-state index in [9.17, 15) is 4.79 Å². The van der Waals surface area contributed by atoms with E-state index in [-0.39, 0.29) is 0 Å². The van der Waals surface area contributed by atoms with E-state index in [0.717, 1.165) is 38.2 Å². The van der Waals surface area contributed by atoms with Crippen LogP contribution in [-0.2, 0) is 4.79 Å². The van der Waals surface area contributed by atoms with Gasteiger partial charge in [-0.2, -0.15) is 0 Å². The van der Waals surface area contributed by atoms with Crippen LogP contribution in [0.4, 0.5) is 5.95 Å². The van der Waals surface area contributed by atoms with E-state index in [1.165, 1.54) is 12.8 Å². The van der Waals surface area contributed by atoms with Crippen molar-refractivity contribution in [2.75, 3.05) is 18.0 Å². The fourth-order valence-electron chi connectivity index (χ4n) is 3.19. The van der Waals surface area contributed by atoms with Gasteiger partial charge < -0.3 is 9.69 Å². The molecule has 0 N–H and O–H groups in total. The van der Waals surface area contributed by atoms with E-state index in [0.29, 0.717) is 11.3 Å². The molecule has 1 saturated carbocycles. The van der Waals surface area contributed by atoms with Crippen molar-refractivity contribution in [3.05, 3.63) is 18.5 Å². The summed E-state index contributed by atoms with van der Waals surface area (Å²) in [5.74, 6) is 1.17. The number of anilines is 1. The molecular weight excluding hydrogens is 214 g/mol. The Morgan fingerprint density at radius 2 is 1.88 bits per heavy atom. The lowest BCUT2D eigenvalue weighted by atomic mass is 9.58. The molecule has 1 aliphatic carbocycles. The highest BCUT2D eigenvalue weighted by Gasteiger charge is 2.45. The topological polar surface area (TPSA) is 46.1 Å². The molecule has 1 aromatic heterocycles. The van der Waals surface area contributed by atoms with Gasteiger partial charge in [0.05, 0.1) is 0 Å². The minimum absolute atomic E-state index is 0.328. The van der Waals surface area contributed by atoms with Crippen LogP contribution in [0, 0.1) is 11.3 Å². The maximum absolute atomic E-state index is 10.7. The van der Waals surface area contributed by atoms with E-state index in [1.54, 1.807) is 12.4 Å². The Labute approximate surface area is 101 Å². The second-order valence-electron chi connectivity index (χ2n) is 5.34. The lowest BCUT2D eigenvalue weighted by Crippen LogP contribution is -2.47. The zero-order valence-corrected chi connectivity index (χ0v) is 9.88. The quantitative estimate of drug-likeness (QED) is 0.726. The van der Waals surface area contributed by atoms with Gasteiger partial charge in [0.15, 0.2) is 0 Å². The van der Waals surface area contributed by atoms with Crippen LogP contribution >= 0.6 is 0 Å². The molecule has 2 aliphatic rings. The van der Waals surface area contributed by atoms with Crippen molar-refractivity contribution >= 4 is 12.2 Å². The van der Waals surface area contributed by atoms with Crippen molar-refractivity contribution in [2.24, 2.45) is 11.3 Å². The SMILES string of the molecule is O=CC1CC2(CCN(c3ncccn3)CC2)C1. The summed E-state index contributed by atoms with van der Waals surface area (Å²) in [6, 6.07) is 1.84. The second-order valence-corrected chi connectivity index (χ2v) is 5.34. The average molecular weight is 231 g/mol. The molecule has 0 radical (unpaired) electrons. The van der Waals surface area contributed by atoms with Crippen LogP contribution < -0.4 is 4.90 Å². The van der Waals surface area contributed by atoms with Gasteiger partial charge in [-0.05, 0) is 37.2 Å². The lowest BCUT2D eigenvalue weighted by Gasteiger charge is -2.50. The van der Waals surface area contributed by atoms with Crippen LogP contribution in [0.3, 0.4) is 0 Å². The van der Waals surface area contributed by atoms with E-state index in [1.807, 2.05) is 6.07 Å². The summed E-state index contributed by atoms with van der Waals surface area (Å²) in [6.07, 6.45) is 9.25. The first-order valence-electron chi connectivity index (χ1n) is 6.29. The first-order chi connectivity index (χ1) is 8.31. The fraction of sp³-hybridized carbons (Fsp3) is 0.615. The van der Waals surface area contributed by atoms with Gasteiger partial charge >= 0.3 is 0 Å². The van der Waals surface area contributed by atoms with Crippen molar-refractivity contribution < 1.29 is 4.79 Å². The van der Waals surface area contributed by atoms with E-state index in [4.69, 9.17) is 0 Å². The molecule has 1 aliphatic heterocycles. The number of nitrogens with zero attached hydrogens (tertiary/aromatic N) is 3. The molecule has 0 atom stereocenters. The number of carbonyl (C=O) groups excluding carboxylic acids is 1. The molecule has 2 fully saturated rings. The zero-order valence-electron chi connectivity index (χ0n) is 9.88. The molecule has 1 saturated heterocycles. The summed E-state index contributed by atoms with van der Waals surface area (Å²) < 4.78 is 0. The number of aromatic nitrogens is 2. The Bertz CT molecular complexity index is 390. The van der Waals surface area contributed by atoms with Crippen LogP contribution in [0.5, 0.6) is 0 Å². The van der Waals surface area contributed by atoms with Gasteiger partial charge in [0.1, 0.15) is 6.29 Å². The molecular formula is C13H17N3O. The van der Waals surface area contributed by atoms with Gasteiger partial charge in [-0.3, -0.25) is 0 Å². The average Bonchev–Trinajstić information content (AvgIpc) is 2.37. The molecule has 17 heavy (non-hydrogen) atoms. The molecule has 0 amide bonds. The standard InChI is InChI=1S/C13H17N3O/c17-10-11-8-13(9-11)2-6-16(7-3-13)12-14-4-1-5-15-12/h1,4-5,10-11H,2-3,6-9H2. The van der Waals surface area contributed by atoms with E-state index in [2.05, 4.69) is 14.9 Å². The van der Waals surface area contributed by atoms with Gasteiger partial charge in [0, 0.05) is 31.4 Å². The van der Waals surface area contributed by atoms with Crippen LogP contribution in [0.1, 0.15) is 25.7 Å². The maximum atomic E-state index is 10.7. The van der Waals surface area contributed by atoms with E-state index >= 15 is 0 Å². The summed E-state index contributed by atoms with van der Waals surface area (Å²) in [4.78, 5) is 21.5. The summed E-state index contributed by atoms with van der Waals surface area (Å²) in [5, 5.41) is 0. The van der Waals surface area contributed by atoms with Crippen molar-refractivity contribution in [2.45, 2.75) is 25.7 Å². The van der Waals surface area contributed by atoms with Crippen molar-refractivity contribution in [1.82, 2.24) is 9.97 Å². The number of hydrogen-bond donors (Lipinski definition) is 0. The second kappa shape index (κ2) is 4.09. The van der Waals surface area contributed by atoms with Gasteiger partial charge in [0.2, 0.25) is 5.95 Å². The first kappa shape index (κ1) is 10.7. The molecule has 2 heterocycles. The van der Waals surface area contributed by atoms with Crippen molar-refractivity contribution in [1.29, 1.82) is 0 Å². The van der Waals surface area contributed by atoms with Crippen LogP contribution in [0.2, 0.25) is 0 Å². The number of piperidine rings is 1. The first-order valence-corrected chi connectivity index (χ1v) is 6.29. The molecule has 4 heteroatoms. The summed E-state index contributed by atoms with van der Waals surface area (Å²) >= 11 is 0. The summed E-state index contributed by atoms with van der Waals surface area (Å²) in [6.45, 7) is 2.05. The van der Waals surface area contributed by atoms with Crippen molar-refractivity contribution in [3.63, 3.8) is 0 Å². The highest BCUT2D eigenvalue weighted by Crippen LogP contribution is 2.51. The molecule has 3 rings (SSSR count). The maximum Gasteiger partial charge on any atom is 0.225 e. The third-order valence-corrected chi connectivity index (χ3v) is 4.24. The van der Waals surface area contributed by atoms with Gasteiger partial charge in [0.25, 0.3) is 0 Å². The number of rotatable bonds is 2. The highest BCUT2D eigenvalue weighted by molar-refractivity contribution is 5.55. The Hall–Kier alpha value is -1.45. The van der Waals surface area contributed by atoms with Gasteiger partial charge in [-0.1, -0.05) is 0 Å². The molecule has 0 bridgehead atoms. The number of hydrogen-bond acceptors (Lipinski definition) is 4. The highest BCUT2D eigenvalue weighted by atomic mass is 16.1. The third kappa shape index (κ3) is 1.92. The largest absolute Gasteiger partial charge is 0.341 e. The lowest BCUT2D eigenvalue weighted by molar-refractivity contribution is -0.118. The van der Waals surface area contributed by atoms with E-state index < -0.39 is 0 Å². The normalized spacial score (nSPS) is 23.4. The predicted octanol–water partition coefficient (Wildman–Crippen LogP) is 1.67. The smallest absolute Gasteiger partial charge is 0.225 e. The molecule has 90 valence electrons.